The Balaban J connectivity index is 3.05. The van der Waals surface area contributed by atoms with E-state index in [1.165, 1.54) is 5.56 Å². The fraction of sp³-hybridized carbons (Fsp3) is 0.400. The number of halogens is 3. The van der Waals surface area contributed by atoms with Crippen molar-refractivity contribution in [3.8, 4) is 0 Å². The lowest BCUT2D eigenvalue weighted by Gasteiger charge is -2.25. The summed E-state index contributed by atoms with van der Waals surface area (Å²) in [6, 6.07) is 8.01. The monoisotopic (exact) mass is 324 g/mol. The van der Waals surface area contributed by atoms with Gasteiger partial charge in [0.2, 0.25) is 0 Å². The molecule has 1 aromatic rings. The van der Waals surface area contributed by atoms with Crippen LogP contribution < -0.4 is 0 Å². The Morgan fingerprint density at radius 3 is 2.38 bits per heavy atom. The predicted molar refractivity (Wildman–Crippen MR) is 66.4 cm³/mol. The topological polar surface area (TPSA) is 0 Å². The average molecular weight is 326 g/mol. The molecule has 0 bridgehead atoms. The third-order valence-electron chi connectivity index (χ3n) is 2.11. The van der Waals surface area contributed by atoms with Gasteiger partial charge in [-0.05, 0) is 17.7 Å². The molecule has 0 heterocycles. The van der Waals surface area contributed by atoms with Crippen molar-refractivity contribution >= 4 is 43.5 Å². The first-order chi connectivity index (χ1) is 6.12. The number of hydrogen-bond donors (Lipinski definition) is 0. The molecule has 0 aliphatic carbocycles. The minimum atomic E-state index is 0.116. The van der Waals surface area contributed by atoms with Crippen LogP contribution in [0.1, 0.15) is 12.5 Å². The maximum atomic E-state index is 5.93. The molecule has 1 aromatic carbocycles. The van der Waals surface area contributed by atoms with Crippen LogP contribution >= 0.6 is 43.5 Å². The molecule has 0 saturated carbocycles. The molecule has 0 aromatic heterocycles. The minimum absolute atomic E-state index is 0.116. The van der Waals surface area contributed by atoms with Crippen LogP contribution in [0.4, 0.5) is 0 Å². The molecule has 0 aliphatic heterocycles. The smallest absolute Gasteiger partial charge is 0.0408 e. The first-order valence-electron chi connectivity index (χ1n) is 4.00. The lowest BCUT2D eigenvalue weighted by molar-refractivity contribution is 0.623. The van der Waals surface area contributed by atoms with Crippen molar-refractivity contribution in [3.05, 3.63) is 34.9 Å². The Labute approximate surface area is 101 Å². The molecular formula is C10H11Br2Cl. The predicted octanol–water partition coefficient (Wildman–Crippen LogP) is 4.39. The summed E-state index contributed by atoms with van der Waals surface area (Å²) in [6.07, 6.45) is 0. The van der Waals surface area contributed by atoms with Crippen LogP contribution in [0.15, 0.2) is 24.3 Å². The molecule has 1 rings (SSSR count). The van der Waals surface area contributed by atoms with Gasteiger partial charge < -0.3 is 0 Å². The normalized spacial score (nSPS) is 11.7. The maximum absolute atomic E-state index is 5.93. The number of rotatable bonds is 3. The lowest BCUT2D eigenvalue weighted by atomic mass is 9.87. The first-order valence-corrected chi connectivity index (χ1v) is 6.62. The van der Waals surface area contributed by atoms with Crippen LogP contribution in [0, 0.1) is 0 Å². The first kappa shape index (κ1) is 11.5. The van der Waals surface area contributed by atoms with Crippen LogP contribution in [0.3, 0.4) is 0 Å². The summed E-state index contributed by atoms with van der Waals surface area (Å²) in [5.74, 6) is 0. The van der Waals surface area contributed by atoms with E-state index in [2.05, 4.69) is 44.8 Å². The molecule has 0 fully saturated rings. The standard InChI is InChI=1S/C10H11Br2Cl/c1-10(6-11,7-12)8-3-2-4-9(13)5-8/h2-5H,6-7H2,1H3. The number of alkyl halides is 2. The SMILES string of the molecule is CC(CBr)(CBr)c1cccc(Cl)c1. The molecule has 0 saturated heterocycles. The van der Waals surface area contributed by atoms with Gasteiger partial charge in [-0.2, -0.15) is 0 Å². The highest BCUT2D eigenvalue weighted by Crippen LogP contribution is 2.29. The van der Waals surface area contributed by atoms with Crippen LogP contribution in [0.25, 0.3) is 0 Å². The van der Waals surface area contributed by atoms with Gasteiger partial charge in [-0.15, -0.1) is 0 Å². The highest BCUT2D eigenvalue weighted by Gasteiger charge is 2.23. The van der Waals surface area contributed by atoms with E-state index in [9.17, 15) is 0 Å². The van der Waals surface area contributed by atoms with E-state index >= 15 is 0 Å². The molecule has 0 unspecified atom stereocenters. The third-order valence-corrected chi connectivity index (χ3v) is 4.82. The van der Waals surface area contributed by atoms with E-state index in [0.717, 1.165) is 15.7 Å². The quantitative estimate of drug-likeness (QED) is 0.723. The molecule has 0 aliphatic rings. The molecule has 13 heavy (non-hydrogen) atoms. The number of benzene rings is 1. The molecule has 0 atom stereocenters. The summed E-state index contributed by atoms with van der Waals surface area (Å²) in [4.78, 5) is 0. The molecule has 0 amide bonds. The van der Waals surface area contributed by atoms with Gasteiger partial charge in [0.1, 0.15) is 0 Å². The van der Waals surface area contributed by atoms with Crippen molar-refractivity contribution in [2.24, 2.45) is 0 Å². The maximum Gasteiger partial charge on any atom is 0.0408 e. The average Bonchev–Trinajstić information content (AvgIpc) is 2.17. The summed E-state index contributed by atoms with van der Waals surface area (Å²) in [5, 5.41) is 2.64. The van der Waals surface area contributed by atoms with Crippen molar-refractivity contribution < 1.29 is 0 Å². The zero-order chi connectivity index (χ0) is 9.90. The van der Waals surface area contributed by atoms with E-state index in [0.29, 0.717) is 0 Å². The summed E-state index contributed by atoms with van der Waals surface area (Å²) in [5.41, 5.74) is 1.37. The molecule has 3 heteroatoms. The molecule has 72 valence electrons. The largest absolute Gasteiger partial charge is 0.0918 e. The van der Waals surface area contributed by atoms with Gasteiger partial charge in [-0.25, -0.2) is 0 Å². The van der Waals surface area contributed by atoms with Crippen molar-refractivity contribution in [3.63, 3.8) is 0 Å². The van der Waals surface area contributed by atoms with Crippen LogP contribution in [0.5, 0.6) is 0 Å². The zero-order valence-electron chi connectivity index (χ0n) is 7.36. The van der Waals surface area contributed by atoms with E-state index in [1.54, 1.807) is 0 Å². The van der Waals surface area contributed by atoms with Crippen LogP contribution in [-0.2, 0) is 5.41 Å². The Hall–Kier alpha value is 0.470. The lowest BCUT2D eigenvalue weighted by Crippen LogP contribution is -2.25. The van der Waals surface area contributed by atoms with E-state index in [1.807, 2.05) is 18.2 Å². The molecular weight excluding hydrogens is 315 g/mol. The Kier molecular flexibility index (Phi) is 4.27. The Bertz CT molecular complexity index is 282. The summed E-state index contributed by atoms with van der Waals surface area (Å²) in [7, 11) is 0. The van der Waals surface area contributed by atoms with E-state index < -0.39 is 0 Å². The van der Waals surface area contributed by atoms with Gasteiger partial charge in [0.15, 0.2) is 0 Å². The molecule has 0 N–H and O–H groups in total. The van der Waals surface area contributed by atoms with Crippen molar-refractivity contribution in [1.29, 1.82) is 0 Å². The minimum Gasteiger partial charge on any atom is -0.0918 e. The highest BCUT2D eigenvalue weighted by molar-refractivity contribution is 9.09. The summed E-state index contributed by atoms with van der Waals surface area (Å²) in [6.45, 7) is 2.20. The summed E-state index contributed by atoms with van der Waals surface area (Å²) >= 11 is 13.0. The fourth-order valence-electron chi connectivity index (χ4n) is 1.05. The van der Waals surface area contributed by atoms with Crippen LogP contribution in [0.2, 0.25) is 5.02 Å². The van der Waals surface area contributed by atoms with Gasteiger partial charge in [0.25, 0.3) is 0 Å². The second-order valence-electron chi connectivity index (χ2n) is 3.34. The zero-order valence-corrected chi connectivity index (χ0v) is 11.3. The third kappa shape index (κ3) is 2.71. The van der Waals surface area contributed by atoms with Crippen molar-refractivity contribution in [2.75, 3.05) is 10.7 Å². The Morgan fingerprint density at radius 1 is 1.31 bits per heavy atom. The summed E-state index contributed by atoms with van der Waals surface area (Å²) < 4.78 is 0. The molecule has 0 nitrogen and oxygen atoms in total. The van der Waals surface area contributed by atoms with Gasteiger partial charge >= 0.3 is 0 Å². The highest BCUT2D eigenvalue weighted by atomic mass is 79.9. The van der Waals surface area contributed by atoms with Crippen molar-refractivity contribution in [2.45, 2.75) is 12.3 Å². The van der Waals surface area contributed by atoms with E-state index in [-0.39, 0.29) is 5.41 Å². The van der Waals surface area contributed by atoms with E-state index in [4.69, 9.17) is 11.6 Å². The Morgan fingerprint density at radius 2 is 1.92 bits per heavy atom. The second-order valence-corrected chi connectivity index (χ2v) is 4.90. The van der Waals surface area contributed by atoms with Crippen molar-refractivity contribution in [1.82, 2.24) is 0 Å². The van der Waals surface area contributed by atoms with Gasteiger partial charge in [-0.1, -0.05) is 62.5 Å². The molecule has 0 radical (unpaired) electrons. The van der Waals surface area contributed by atoms with Gasteiger partial charge in [-0.3, -0.25) is 0 Å². The fourth-order valence-corrected chi connectivity index (χ4v) is 2.82. The van der Waals surface area contributed by atoms with Gasteiger partial charge in [0.05, 0.1) is 0 Å². The van der Waals surface area contributed by atoms with Crippen LogP contribution in [-0.4, -0.2) is 10.7 Å². The number of hydrogen-bond acceptors (Lipinski definition) is 0. The second kappa shape index (κ2) is 4.81. The molecule has 0 spiro atoms. The van der Waals surface area contributed by atoms with Gasteiger partial charge in [0, 0.05) is 21.1 Å².